The van der Waals surface area contributed by atoms with Crippen molar-refractivity contribution in [3.8, 4) is 28.4 Å². The molecule has 3 rings (SSSR count). The molecule has 1 unspecified atom stereocenters. The van der Waals surface area contributed by atoms with Gasteiger partial charge in [0.15, 0.2) is 0 Å². The molecule has 1 atom stereocenters. The topological polar surface area (TPSA) is 93.1 Å². The molecule has 0 saturated heterocycles. The molecule has 0 heterocycles. The first-order valence-corrected chi connectivity index (χ1v) is 7.40. The van der Waals surface area contributed by atoms with Gasteiger partial charge in [0, 0.05) is 31.9 Å². The molecule has 0 fully saturated rings. The van der Waals surface area contributed by atoms with E-state index >= 15 is 0 Å². The molecule has 1 aliphatic rings. The molecule has 0 saturated carbocycles. The summed E-state index contributed by atoms with van der Waals surface area (Å²) in [5.41, 5.74) is 2.54. The van der Waals surface area contributed by atoms with Gasteiger partial charge in [0.2, 0.25) is 0 Å². The van der Waals surface area contributed by atoms with E-state index in [9.17, 15) is 19.8 Å². The van der Waals surface area contributed by atoms with Crippen LogP contribution in [0.1, 0.15) is 31.1 Å². The van der Waals surface area contributed by atoms with Gasteiger partial charge < -0.3 is 19.7 Å². The van der Waals surface area contributed by atoms with E-state index in [1.165, 1.54) is 26.0 Å². The number of ether oxygens (including phenoxy) is 2. The quantitative estimate of drug-likeness (QED) is 0.650. The molecule has 2 aromatic carbocycles. The molecule has 2 aromatic rings. The van der Waals surface area contributed by atoms with Crippen LogP contribution in [0.15, 0.2) is 30.3 Å². The minimum absolute atomic E-state index is 0.0443. The molecule has 1 aliphatic carbocycles. The largest absolute Gasteiger partial charge is 0.508 e. The van der Waals surface area contributed by atoms with Crippen LogP contribution in [0.4, 0.5) is 0 Å². The lowest BCUT2D eigenvalue weighted by atomic mass is 9.83. The van der Waals surface area contributed by atoms with Gasteiger partial charge in [-0.3, -0.25) is 9.59 Å². The third-order valence-electron chi connectivity index (χ3n) is 3.75. The Morgan fingerprint density at radius 1 is 1.08 bits per heavy atom. The lowest BCUT2D eigenvalue weighted by Gasteiger charge is -2.26. The fraction of sp³-hybridized carbons (Fsp3) is 0.222. The number of hydrogen-bond donors (Lipinski definition) is 2. The first-order valence-electron chi connectivity index (χ1n) is 7.40. The van der Waals surface area contributed by atoms with Crippen LogP contribution in [-0.4, -0.2) is 22.2 Å². The van der Waals surface area contributed by atoms with Crippen molar-refractivity contribution in [3.05, 3.63) is 41.5 Å². The van der Waals surface area contributed by atoms with Gasteiger partial charge in [-0.15, -0.1) is 0 Å². The van der Waals surface area contributed by atoms with Crippen LogP contribution in [0.5, 0.6) is 17.2 Å². The Labute approximate surface area is 138 Å². The van der Waals surface area contributed by atoms with Crippen LogP contribution in [0.2, 0.25) is 0 Å². The van der Waals surface area contributed by atoms with Crippen molar-refractivity contribution in [2.24, 2.45) is 0 Å². The number of aliphatic hydroxyl groups is 1. The molecule has 124 valence electrons. The van der Waals surface area contributed by atoms with Gasteiger partial charge in [-0.25, -0.2) is 0 Å². The highest BCUT2D eigenvalue weighted by Crippen LogP contribution is 2.46. The molecule has 6 nitrogen and oxygen atoms in total. The Morgan fingerprint density at radius 3 is 2.46 bits per heavy atom. The van der Waals surface area contributed by atoms with E-state index in [-0.39, 0.29) is 17.9 Å². The number of fused-ring (bicyclic) bond motifs is 3. The van der Waals surface area contributed by atoms with Crippen molar-refractivity contribution in [1.82, 2.24) is 0 Å². The number of hydrogen-bond acceptors (Lipinski definition) is 6. The van der Waals surface area contributed by atoms with Gasteiger partial charge in [0.05, 0.1) is 6.10 Å². The van der Waals surface area contributed by atoms with E-state index in [1.54, 1.807) is 18.2 Å². The highest BCUT2D eigenvalue weighted by molar-refractivity contribution is 5.83. The van der Waals surface area contributed by atoms with E-state index in [2.05, 4.69) is 0 Å². The maximum absolute atomic E-state index is 11.4. The van der Waals surface area contributed by atoms with Gasteiger partial charge >= 0.3 is 11.9 Å². The summed E-state index contributed by atoms with van der Waals surface area (Å²) in [6, 6.07) is 7.79. The number of phenols is 1. The average Bonchev–Trinajstić information content (AvgIpc) is 2.45. The lowest BCUT2D eigenvalue weighted by molar-refractivity contribution is -0.132. The number of aliphatic hydroxyl groups excluding tert-OH is 1. The molecule has 6 heteroatoms. The summed E-state index contributed by atoms with van der Waals surface area (Å²) in [5.74, 6) is -0.446. The van der Waals surface area contributed by atoms with Gasteiger partial charge in [-0.2, -0.15) is 0 Å². The fourth-order valence-electron chi connectivity index (χ4n) is 2.95. The van der Waals surface area contributed by atoms with Gasteiger partial charge in [-0.05, 0) is 34.9 Å². The molecule has 2 N–H and O–H groups in total. The van der Waals surface area contributed by atoms with E-state index < -0.39 is 18.0 Å². The SMILES string of the molecule is CC(=O)Oc1ccc2c(c1)C(O)Cc1cc(O)cc(OC(C)=O)c1-2. The van der Waals surface area contributed by atoms with E-state index in [0.717, 1.165) is 0 Å². The van der Waals surface area contributed by atoms with Crippen molar-refractivity contribution in [1.29, 1.82) is 0 Å². The van der Waals surface area contributed by atoms with E-state index in [1.807, 2.05) is 0 Å². The zero-order chi connectivity index (χ0) is 17.4. The molecular formula is C18H16O6. The summed E-state index contributed by atoms with van der Waals surface area (Å²) in [7, 11) is 0. The summed E-state index contributed by atoms with van der Waals surface area (Å²) in [4.78, 5) is 22.5. The van der Waals surface area contributed by atoms with Crippen LogP contribution in [-0.2, 0) is 16.0 Å². The van der Waals surface area contributed by atoms with Crippen LogP contribution >= 0.6 is 0 Å². The first kappa shape index (κ1) is 16.0. The Bertz CT molecular complexity index is 840. The molecule has 0 aromatic heterocycles. The van der Waals surface area contributed by atoms with Crippen molar-refractivity contribution in [2.75, 3.05) is 0 Å². The monoisotopic (exact) mass is 328 g/mol. The zero-order valence-electron chi connectivity index (χ0n) is 13.2. The molecule has 0 aliphatic heterocycles. The molecular weight excluding hydrogens is 312 g/mol. The van der Waals surface area contributed by atoms with Crippen molar-refractivity contribution in [2.45, 2.75) is 26.4 Å². The molecule has 24 heavy (non-hydrogen) atoms. The second-order valence-electron chi connectivity index (χ2n) is 5.63. The Balaban J connectivity index is 2.17. The number of rotatable bonds is 2. The van der Waals surface area contributed by atoms with Gasteiger partial charge in [0.25, 0.3) is 0 Å². The van der Waals surface area contributed by atoms with Crippen LogP contribution in [0, 0.1) is 0 Å². The first-order chi connectivity index (χ1) is 11.3. The van der Waals surface area contributed by atoms with Crippen molar-refractivity contribution < 1.29 is 29.3 Å². The van der Waals surface area contributed by atoms with Crippen molar-refractivity contribution in [3.63, 3.8) is 0 Å². The molecule has 0 radical (unpaired) electrons. The second-order valence-corrected chi connectivity index (χ2v) is 5.63. The standard InChI is InChI=1S/C18H16O6/c1-9(19)23-13-3-4-14-15(8-13)16(22)6-11-5-12(21)7-17(18(11)14)24-10(2)20/h3-5,7-8,16,21-22H,6H2,1-2H3. The van der Waals surface area contributed by atoms with Gasteiger partial charge in [0.1, 0.15) is 17.2 Å². The van der Waals surface area contributed by atoms with Crippen LogP contribution in [0.3, 0.4) is 0 Å². The number of carbonyl (C=O) groups is 2. The third-order valence-corrected chi connectivity index (χ3v) is 3.75. The fourth-order valence-corrected chi connectivity index (χ4v) is 2.95. The smallest absolute Gasteiger partial charge is 0.308 e. The number of aromatic hydroxyl groups is 1. The minimum atomic E-state index is -0.824. The Morgan fingerprint density at radius 2 is 1.79 bits per heavy atom. The number of esters is 2. The summed E-state index contributed by atoms with van der Waals surface area (Å²) < 4.78 is 10.3. The Kier molecular flexibility index (Phi) is 3.99. The predicted molar refractivity (Wildman–Crippen MR) is 84.8 cm³/mol. The van der Waals surface area contributed by atoms with Crippen LogP contribution in [0.25, 0.3) is 11.1 Å². The molecule has 0 spiro atoms. The summed E-state index contributed by atoms with van der Waals surface area (Å²) >= 11 is 0. The van der Waals surface area contributed by atoms with Gasteiger partial charge in [-0.1, -0.05) is 6.07 Å². The minimum Gasteiger partial charge on any atom is -0.508 e. The van der Waals surface area contributed by atoms with Crippen LogP contribution < -0.4 is 9.47 Å². The van der Waals surface area contributed by atoms with E-state index in [0.29, 0.717) is 28.0 Å². The maximum Gasteiger partial charge on any atom is 0.308 e. The maximum atomic E-state index is 11.4. The predicted octanol–water partition coefficient (Wildman–Crippen LogP) is 2.50. The highest BCUT2D eigenvalue weighted by atomic mass is 16.5. The summed E-state index contributed by atoms with van der Waals surface area (Å²) in [6.07, 6.45) is -0.580. The molecule has 0 bridgehead atoms. The second kappa shape index (κ2) is 5.98. The highest BCUT2D eigenvalue weighted by Gasteiger charge is 2.28. The number of phenolic OH excluding ortho intramolecular Hbond substituents is 1. The normalized spacial score (nSPS) is 15.2. The average molecular weight is 328 g/mol. The number of carbonyl (C=O) groups excluding carboxylic acids is 2. The van der Waals surface area contributed by atoms with Crippen molar-refractivity contribution >= 4 is 11.9 Å². The van der Waals surface area contributed by atoms with E-state index in [4.69, 9.17) is 9.47 Å². The number of benzene rings is 2. The zero-order valence-corrected chi connectivity index (χ0v) is 13.2. The summed E-state index contributed by atoms with van der Waals surface area (Å²) in [5, 5.41) is 20.2. The Hall–Kier alpha value is -2.86. The molecule has 0 amide bonds. The lowest BCUT2D eigenvalue weighted by Crippen LogP contribution is -2.13. The third kappa shape index (κ3) is 2.96. The summed E-state index contributed by atoms with van der Waals surface area (Å²) in [6.45, 7) is 2.57.